The molecular formula is C15H19NO5. The van der Waals surface area contributed by atoms with Gasteiger partial charge in [-0.15, -0.1) is 0 Å². The molecule has 0 aromatic heterocycles. The fourth-order valence-electron chi connectivity index (χ4n) is 1.57. The molecule has 0 aliphatic carbocycles. The number of aliphatic hydroxyl groups excluding tert-OH is 4. The predicted molar refractivity (Wildman–Crippen MR) is 78.7 cm³/mol. The van der Waals surface area contributed by atoms with E-state index < -0.39 is 30.8 Å². The first kappa shape index (κ1) is 17.2. The third-order valence-corrected chi connectivity index (χ3v) is 2.79. The normalized spacial score (nSPS) is 16.7. The lowest BCUT2D eigenvalue weighted by Crippen LogP contribution is -2.42. The third kappa shape index (κ3) is 5.57. The van der Waals surface area contributed by atoms with E-state index in [1.54, 1.807) is 12.1 Å². The van der Waals surface area contributed by atoms with Crippen LogP contribution in [0.4, 0.5) is 0 Å². The second kappa shape index (κ2) is 8.43. The molecule has 0 fully saturated rings. The third-order valence-electron chi connectivity index (χ3n) is 2.79. The van der Waals surface area contributed by atoms with Crippen molar-refractivity contribution in [3.05, 3.63) is 42.0 Å². The summed E-state index contributed by atoms with van der Waals surface area (Å²) in [6.45, 7) is 0.579. The number of amides is 1. The van der Waals surface area contributed by atoms with Crippen LogP contribution in [0, 0.1) is 0 Å². The fraction of sp³-hybridized carbons (Fsp3) is 0.333. The van der Waals surface area contributed by atoms with E-state index in [4.69, 9.17) is 5.11 Å². The summed E-state index contributed by atoms with van der Waals surface area (Å²) in [5.74, 6) is -0.681. The topological polar surface area (TPSA) is 110 Å². The smallest absolute Gasteiger partial charge is 0.269 e. The van der Waals surface area contributed by atoms with E-state index in [9.17, 15) is 20.1 Å². The zero-order valence-corrected chi connectivity index (χ0v) is 11.6. The summed E-state index contributed by atoms with van der Waals surface area (Å²) in [6, 6.07) is 9.07. The molecule has 0 heterocycles. The Balaban J connectivity index is 2.78. The molecule has 0 saturated heterocycles. The lowest BCUT2D eigenvalue weighted by atomic mass is 10.1. The van der Waals surface area contributed by atoms with Gasteiger partial charge in [-0.2, -0.15) is 0 Å². The zero-order chi connectivity index (χ0) is 15.8. The Morgan fingerprint density at radius 3 is 2.38 bits per heavy atom. The summed E-state index contributed by atoms with van der Waals surface area (Å²) < 4.78 is 0. The molecule has 0 aliphatic rings. The molecule has 1 rings (SSSR count). The molecule has 0 bridgehead atoms. The van der Waals surface area contributed by atoms with Crippen LogP contribution in [0.1, 0.15) is 12.5 Å². The number of carbonyl (C=O) groups excluding carboxylic acids is 1. The van der Waals surface area contributed by atoms with Crippen LogP contribution in [0.15, 0.2) is 41.4 Å². The average Bonchev–Trinajstić information content (AvgIpc) is 2.50. The van der Waals surface area contributed by atoms with Crippen molar-refractivity contribution >= 4 is 17.7 Å². The number of carbonyl (C=O) groups is 1. The molecule has 6 nitrogen and oxygen atoms in total. The number of aliphatic imine (C=N–C) groups is 1. The largest absolute Gasteiger partial charge is 0.391 e. The van der Waals surface area contributed by atoms with Gasteiger partial charge in [0.05, 0.1) is 18.4 Å². The second-order valence-corrected chi connectivity index (χ2v) is 4.52. The van der Waals surface area contributed by atoms with E-state index in [0.29, 0.717) is 0 Å². The predicted octanol–water partition coefficient (Wildman–Crippen LogP) is -0.238. The molecule has 114 valence electrons. The van der Waals surface area contributed by atoms with Gasteiger partial charge in [0.2, 0.25) is 0 Å². The monoisotopic (exact) mass is 293 g/mol. The maximum atomic E-state index is 11.6. The van der Waals surface area contributed by atoms with Gasteiger partial charge in [0.1, 0.15) is 12.2 Å². The lowest BCUT2D eigenvalue weighted by Gasteiger charge is -2.20. The first-order valence-corrected chi connectivity index (χ1v) is 6.45. The average molecular weight is 293 g/mol. The minimum Gasteiger partial charge on any atom is -0.391 e. The van der Waals surface area contributed by atoms with E-state index in [1.165, 1.54) is 19.1 Å². The standard InChI is InChI=1S/C15H19NO5/c1-10(18)14(20)15(21)12(9-17)16-13(19)8-7-11-5-3-2-4-6-11/h2-8,10,14-15,17-18,20-21H,9H2,1H3/b8-7+,16-12+/t10-,14+,15+/m0/s1. The van der Waals surface area contributed by atoms with Crippen molar-refractivity contribution in [1.82, 2.24) is 0 Å². The van der Waals surface area contributed by atoms with Crippen molar-refractivity contribution in [2.75, 3.05) is 6.61 Å². The van der Waals surface area contributed by atoms with Crippen LogP contribution in [0.5, 0.6) is 0 Å². The van der Waals surface area contributed by atoms with Crippen molar-refractivity contribution < 1.29 is 25.2 Å². The molecule has 1 amide bonds. The molecule has 21 heavy (non-hydrogen) atoms. The van der Waals surface area contributed by atoms with Crippen LogP contribution >= 0.6 is 0 Å². The number of nitrogens with zero attached hydrogens (tertiary/aromatic N) is 1. The van der Waals surface area contributed by atoms with Crippen molar-refractivity contribution in [2.45, 2.75) is 25.2 Å². The molecular weight excluding hydrogens is 274 g/mol. The van der Waals surface area contributed by atoms with E-state index in [2.05, 4.69) is 4.99 Å². The zero-order valence-electron chi connectivity index (χ0n) is 11.6. The Morgan fingerprint density at radius 1 is 1.24 bits per heavy atom. The number of benzene rings is 1. The van der Waals surface area contributed by atoms with Crippen LogP contribution in [0.2, 0.25) is 0 Å². The maximum absolute atomic E-state index is 11.6. The summed E-state index contributed by atoms with van der Waals surface area (Å²) >= 11 is 0. The fourth-order valence-corrected chi connectivity index (χ4v) is 1.57. The molecule has 6 heteroatoms. The molecule has 0 radical (unpaired) electrons. The first-order valence-electron chi connectivity index (χ1n) is 6.45. The van der Waals surface area contributed by atoms with Crippen molar-refractivity contribution in [3.8, 4) is 0 Å². The van der Waals surface area contributed by atoms with Gasteiger partial charge >= 0.3 is 0 Å². The van der Waals surface area contributed by atoms with Gasteiger partial charge in [-0.1, -0.05) is 30.3 Å². The number of rotatable bonds is 6. The summed E-state index contributed by atoms with van der Waals surface area (Å²) in [7, 11) is 0. The van der Waals surface area contributed by atoms with Crippen molar-refractivity contribution in [3.63, 3.8) is 0 Å². The van der Waals surface area contributed by atoms with Crippen LogP contribution < -0.4 is 0 Å². The second-order valence-electron chi connectivity index (χ2n) is 4.52. The molecule has 4 N–H and O–H groups in total. The van der Waals surface area contributed by atoms with Crippen LogP contribution in [0.25, 0.3) is 6.08 Å². The molecule has 0 aliphatic heterocycles. The van der Waals surface area contributed by atoms with Crippen LogP contribution in [-0.4, -0.2) is 57.0 Å². The molecule has 1 aromatic rings. The highest BCUT2D eigenvalue weighted by molar-refractivity contribution is 6.04. The van der Waals surface area contributed by atoms with Gasteiger partial charge in [0.25, 0.3) is 5.91 Å². The van der Waals surface area contributed by atoms with E-state index in [-0.39, 0.29) is 5.71 Å². The number of hydrogen-bond donors (Lipinski definition) is 4. The van der Waals surface area contributed by atoms with Gasteiger partial charge in [-0.3, -0.25) is 4.79 Å². The Bertz CT molecular complexity index is 510. The molecule has 3 atom stereocenters. The maximum Gasteiger partial charge on any atom is 0.269 e. The molecule has 1 aromatic carbocycles. The SMILES string of the molecule is C[C@H](O)[C@@H](O)[C@H](O)/C(CO)=N/C(=O)/C=C/c1ccccc1. The summed E-state index contributed by atoms with van der Waals surface area (Å²) in [6.07, 6.45) is -1.62. The van der Waals surface area contributed by atoms with Crippen molar-refractivity contribution in [1.29, 1.82) is 0 Å². The van der Waals surface area contributed by atoms with E-state index >= 15 is 0 Å². The highest BCUT2D eigenvalue weighted by atomic mass is 16.4. The van der Waals surface area contributed by atoms with Crippen LogP contribution in [-0.2, 0) is 4.79 Å². The Labute approximate surface area is 122 Å². The molecule has 0 spiro atoms. The van der Waals surface area contributed by atoms with Gasteiger partial charge in [-0.25, -0.2) is 4.99 Å². The van der Waals surface area contributed by atoms with Crippen molar-refractivity contribution in [2.24, 2.45) is 4.99 Å². The van der Waals surface area contributed by atoms with Gasteiger partial charge < -0.3 is 20.4 Å². The minimum atomic E-state index is -1.61. The van der Waals surface area contributed by atoms with Gasteiger partial charge in [-0.05, 0) is 18.6 Å². The Kier molecular flexibility index (Phi) is 6.90. The quantitative estimate of drug-likeness (QED) is 0.427. The van der Waals surface area contributed by atoms with E-state index in [0.717, 1.165) is 5.56 Å². The molecule has 0 unspecified atom stereocenters. The first-order chi connectivity index (χ1) is 9.95. The summed E-state index contributed by atoms with van der Waals surface area (Å²) in [4.78, 5) is 15.2. The summed E-state index contributed by atoms with van der Waals surface area (Å²) in [5.41, 5.74) is 0.502. The minimum absolute atomic E-state index is 0.300. The Hall–Kier alpha value is -1.86. The number of hydrogen-bond acceptors (Lipinski definition) is 5. The van der Waals surface area contributed by atoms with Crippen LogP contribution in [0.3, 0.4) is 0 Å². The lowest BCUT2D eigenvalue weighted by molar-refractivity contribution is -0.113. The number of aliphatic hydroxyl groups is 4. The molecule has 0 saturated carbocycles. The van der Waals surface area contributed by atoms with Gasteiger partial charge in [0, 0.05) is 6.08 Å². The highest BCUT2D eigenvalue weighted by Gasteiger charge is 2.26. The van der Waals surface area contributed by atoms with Gasteiger partial charge in [0.15, 0.2) is 0 Å². The Morgan fingerprint density at radius 2 is 1.86 bits per heavy atom. The highest BCUT2D eigenvalue weighted by Crippen LogP contribution is 2.04. The summed E-state index contributed by atoms with van der Waals surface area (Å²) in [5, 5.41) is 37.5. The van der Waals surface area contributed by atoms with E-state index in [1.807, 2.05) is 18.2 Å².